The van der Waals surface area contributed by atoms with Gasteiger partial charge in [-0.05, 0) is 61.8 Å². The number of hydrogen-bond donors (Lipinski definition) is 2. The third kappa shape index (κ3) is 2.72. The highest BCUT2D eigenvalue weighted by Gasteiger charge is 2.67. The molecule has 1 aromatic carbocycles. The lowest BCUT2D eigenvalue weighted by Crippen LogP contribution is -2.36. The fourth-order valence-corrected chi connectivity index (χ4v) is 5.39. The Bertz CT molecular complexity index is 655. The van der Waals surface area contributed by atoms with Gasteiger partial charge in [-0.2, -0.15) is 0 Å². The van der Waals surface area contributed by atoms with Crippen LogP contribution in [0.15, 0.2) is 24.3 Å². The van der Waals surface area contributed by atoms with Crippen LogP contribution in [0.25, 0.3) is 0 Å². The average molecular weight is 327 g/mol. The van der Waals surface area contributed by atoms with Crippen LogP contribution in [0.3, 0.4) is 0 Å². The number of amides is 1. The Morgan fingerprint density at radius 3 is 2.58 bits per heavy atom. The quantitative estimate of drug-likeness (QED) is 0.844. The van der Waals surface area contributed by atoms with Crippen LogP contribution in [0, 0.1) is 42.4 Å². The number of benzene rings is 1. The lowest BCUT2D eigenvalue weighted by atomic mass is 9.97. The summed E-state index contributed by atoms with van der Waals surface area (Å²) in [5.41, 5.74) is 2.14. The first-order chi connectivity index (χ1) is 11.5. The monoisotopic (exact) mass is 327 g/mol. The van der Waals surface area contributed by atoms with Crippen LogP contribution >= 0.6 is 0 Å². The van der Waals surface area contributed by atoms with Crippen LogP contribution in [-0.4, -0.2) is 23.5 Å². The van der Waals surface area contributed by atoms with Crippen molar-refractivity contribution in [3.8, 4) is 0 Å². The molecule has 3 fully saturated rings. The second-order valence-corrected chi connectivity index (χ2v) is 7.99. The number of aryl methyl sites for hydroxylation is 1. The van der Waals surface area contributed by atoms with Crippen molar-refractivity contribution < 1.29 is 14.7 Å². The number of rotatable bonds is 6. The summed E-state index contributed by atoms with van der Waals surface area (Å²) in [6.45, 7) is 2.23. The van der Waals surface area contributed by atoms with Crippen molar-refractivity contribution in [1.29, 1.82) is 0 Å². The van der Waals surface area contributed by atoms with Gasteiger partial charge in [0.05, 0.1) is 5.92 Å². The van der Waals surface area contributed by atoms with Crippen molar-refractivity contribution in [3.63, 3.8) is 0 Å². The Labute approximate surface area is 142 Å². The van der Waals surface area contributed by atoms with E-state index < -0.39 is 11.9 Å². The van der Waals surface area contributed by atoms with Gasteiger partial charge in [0.15, 0.2) is 0 Å². The van der Waals surface area contributed by atoms with Crippen molar-refractivity contribution in [2.45, 2.75) is 32.6 Å². The fraction of sp³-hybridized carbons (Fsp3) is 0.600. The molecule has 24 heavy (non-hydrogen) atoms. The molecule has 4 rings (SSSR count). The summed E-state index contributed by atoms with van der Waals surface area (Å²) in [6.07, 6.45) is 4.37. The minimum Gasteiger partial charge on any atom is -0.481 e. The second-order valence-electron chi connectivity index (χ2n) is 7.99. The third-order valence-electron chi connectivity index (χ3n) is 6.47. The normalized spacial score (nSPS) is 33.8. The largest absolute Gasteiger partial charge is 0.481 e. The molecule has 0 aromatic heterocycles. The van der Waals surface area contributed by atoms with Gasteiger partial charge in [-0.25, -0.2) is 0 Å². The Hall–Kier alpha value is -1.84. The molecule has 3 aliphatic carbocycles. The second kappa shape index (κ2) is 5.91. The first kappa shape index (κ1) is 15.7. The SMILES string of the molecule is Cc1cccc(CC(CNC(=O)C2C3C4CCC(C4)C23)C(=O)O)c1. The Balaban J connectivity index is 1.33. The summed E-state index contributed by atoms with van der Waals surface area (Å²) >= 11 is 0. The van der Waals surface area contributed by atoms with Crippen molar-refractivity contribution in [2.75, 3.05) is 6.54 Å². The molecule has 0 spiro atoms. The van der Waals surface area contributed by atoms with Gasteiger partial charge in [0.1, 0.15) is 0 Å². The Morgan fingerprint density at radius 1 is 1.25 bits per heavy atom. The van der Waals surface area contributed by atoms with E-state index in [1.54, 1.807) is 0 Å². The molecule has 2 N–H and O–H groups in total. The van der Waals surface area contributed by atoms with E-state index in [0.717, 1.165) is 23.0 Å². The maximum atomic E-state index is 12.5. The Morgan fingerprint density at radius 2 is 1.96 bits per heavy atom. The van der Waals surface area contributed by atoms with Gasteiger partial charge < -0.3 is 10.4 Å². The maximum absolute atomic E-state index is 12.5. The summed E-state index contributed by atoms with van der Waals surface area (Å²) in [4.78, 5) is 24.0. The smallest absolute Gasteiger partial charge is 0.308 e. The van der Waals surface area contributed by atoms with E-state index in [1.165, 1.54) is 19.3 Å². The third-order valence-corrected chi connectivity index (χ3v) is 6.47. The summed E-state index contributed by atoms with van der Waals surface area (Å²) in [5.74, 6) is 1.59. The molecule has 1 aromatic rings. The first-order valence-corrected chi connectivity index (χ1v) is 9.10. The zero-order chi connectivity index (χ0) is 16.8. The van der Waals surface area contributed by atoms with Crippen molar-refractivity contribution >= 4 is 11.9 Å². The van der Waals surface area contributed by atoms with E-state index in [4.69, 9.17) is 0 Å². The molecule has 4 nitrogen and oxygen atoms in total. The highest BCUT2D eigenvalue weighted by molar-refractivity contribution is 5.83. The number of carboxylic acid groups (broad SMARTS) is 1. The molecule has 4 heteroatoms. The topological polar surface area (TPSA) is 66.4 Å². The van der Waals surface area contributed by atoms with E-state index in [2.05, 4.69) is 5.32 Å². The van der Waals surface area contributed by atoms with Crippen molar-refractivity contribution in [1.82, 2.24) is 5.32 Å². The summed E-state index contributed by atoms with van der Waals surface area (Å²) < 4.78 is 0. The molecule has 5 atom stereocenters. The minimum atomic E-state index is -0.840. The van der Waals surface area contributed by atoms with E-state index in [1.807, 2.05) is 31.2 Å². The van der Waals surface area contributed by atoms with Gasteiger partial charge >= 0.3 is 5.97 Å². The highest BCUT2D eigenvalue weighted by atomic mass is 16.4. The number of carbonyl (C=O) groups excluding carboxylic acids is 1. The van der Waals surface area contributed by atoms with E-state index in [9.17, 15) is 14.7 Å². The molecule has 128 valence electrons. The molecule has 3 saturated carbocycles. The molecule has 3 aliphatic rings. The molecule has 0 heterocycles. The van der Waals surface area contributed by atoms with Crippen LogP contribution in [0.2, 0.25) is 0 Å². The number of nitrogens with one attached hydrogen (secondary N) is 1. The molecule has 5 unspecified atom stereocenters. The van der Waals surface area contributed by atoms with Crippen molar-refractivity contribution in [3.05, 3.63) is 35.4 Å². The molecular formula is C20H25NO3. The zero-order valence-electron chi connectivity index (χ0n) is 14.1. The minimum absolute atomic E-state index is 0.0945. The van der Waals surface area contributed by atoms with Gasteiger partial charge in [-0.15, -0.1) is 0 Å². The van der Waals surface area contributed by atoms with Crippen LogP contribution in [0.1, 0.15) is 30.4 Å². The molecule has 1 amide bonds. The number of fused-ring (bicyclic) bond motifs is 5. The predicted octanol–water partition coefficient (Wildman–Crippen LogP) is 2.65. The van der Waals surface area contributed by atoms with E-state index in [-0.39, 0.29) is 18.4 Å². The zero-order valence-corrected chi connectivity index (χ0v) is 14.1. The molecule has 0 aliphatic heterocycles. The van der Waals surface area contributed by atoms with Gasteiger partial charge in [-0.1, -0.05) is 29.8 Å². The van der Waals surface area contributed by atoms with E-state index >= 15 is 0 Å². The van der Waals surface area contributed by atoms with Gasteiger partial charge in [0.2, 0.25) is 5.91 Å². The maximum Gasteiger partial charge on any atom is 0.308 e. The van der Waals surface area contributed by atoms with Crippen LogP contribution in [-0.2, 0) is 16.0 Å². The lowest BCUT2D eigenvalue weighted by molar-refractivity contribution is -0.141. The van der Waals surface area contributed by atoms with Crippen LogP contribution in [0.4, 0.5) is 0 Å². The van der Waals surface area contributed by atoms with Crippen LogP contribution in [0.5, 0.6) is 0 Å². The van der Waals surface area contributed by atoms with Crippen LogP contribution < -0.4 is 5.32 Å². The first-order valence-electron chi connectivity index (χ1n) is 9.10. The fourth-order valence-electron chi connectivity index (χ4n) is 5.39. The van der Waals surface area contributed by atoms with Gasteiger partial charge in [0.25, 0.3) is 0 Å². The molecule has 0 radical (unpaired) electrons. The number of carbonyl (C=O) groups is 2. The number of aliphatic carboxylic acids is 1. The highest BCUT2D eigenvalue weighted by Crippen LogP contribution is 2.69. The average Bonchev–Trinajstić information content (AvgIpc) is 2.99. The summed E-state index contributed by atoms with van der Waals surface area (Å²) in [6, 6.07) is 7.92. The Kier molecular flexibility index (Phi) is 3.86. The number of hydrogen-bond acceptors (Lipinski definition) is 2. The summed E-state index contributed by atoms with van der Waals surface area (Å²) in [7, 11) is 0. The standard InChI is InChI=1S/C20H25NO3/c1-11-3-2-4-12(7-11)8-15(20(23)24)10-21-19(22)18-16-13-5-6-14(9-13)17(16)18/h2-4,7,13-18H,5-6,8-10H2,1H3,(H,21,22)(H,23,24). The molecular weight excluding hydrogens is 302 g/mol. The van der Waals surface area contributed by atoms with E-state index in [0.29, 0.717) is 18.3 Å². The van der Waals surface area contributed by atoms with Gasteiger partial charge in [-0.3, -0.25) is 9.59 Å². The molecule has 0 saturated heterocycles. The van der Waals surface area contributed by atoms with Gasteiger partial charge in [0, 0.05) is 12.5 Å². The van der Waals surface area contributed by atoms with Crippen molar-refractivity contribution in [2.24, 2.45) is 35.5 Å². The number of carboxylic acids is 1. The lowest BCUT2D eigenvalue weighted by Gasteiger charge is -2.15. The summed E-state index contributed by atoms with van der Waals surface area (Å²) in [5, 5.41) is 12.4. The predicted molar refractivity (Wildman–Crippen MR) is 90.3 cm³/mol. The molecule has 2 bridgehead atoms.